The average molecular weight is 151 g/mol. The Morgan fingerprint density at radius 2 is 1.83 bits per heavy atom. The van der Waals surface area contributed by atoms with E-state index in [1.54, 1.807) is 0 Å². The molecule has 0 unspecified atom stereocenters. The Bertz CT molecular complexity index is 63.2. The maximum absolute atomic E-state index is 4.67. The highest BCUT2D eigenvalue weighted by atomic mass is 79.9. The van der Waals surface area contributed by atoms with Crippen LogP contribution in [0.2, 0.25) is 0 Å². The van der Waals surface area contributed by atoms with Gasteiger partial charge >= 0.3 is 0 Å². The molecule has 0 fully saturated rings. The van der Waals surface area contributed by atoms with Crippen LogP contribution in [0.3, 0.4) is 0 Å². The third-order valence-corrected chi connectivity index (χ3v) is 0.858. The van der Waals surface area contributed by atoms with Crippen LogP contribution in [-0.2, 0) is 9.47 Å². The van der Waals surface area contributed by atoms with Crippen LogP contribution in [0, 0.1) is 0 Å². The van der Waals surface area contributed by atoms with Crippen molar-refractivity contribution in [1.29, 1.82) is 0 Å². The summed E-state index contributed by atoms with van der Waals surface area (Å²) in [5, 5.41) is -0.252. The van der Waals surface area contributed by atoms with Crippen molar-refractivity contribution >= 4 is 15.9 Å². The van der Waals surface area contributed by atoms with Crippen LogP contribution in [0.15, 0.2) is 12.5 Å². The molecule has 0 aromatic rings. The molecule has 0 spiro atoms. The summed E-state index contributed by atoms with van der Waals surface area (Å²) in [5.74, 6) is 0. The van der Waals surface area contributed by atoms with Gasteiger partial charge in [0, 0.05) is 15.9 Å². The highest BCUT2D eigenvalue weighted by Crippen LogP contribution is 2.09. The molecule has 0 aromatic carbocycles. The number of halogens is 1. The van der Waals surface area contributed by atoms with Crippen LogP contribution >= 0.6 is 15.9 Å². The van der Waals surface area contributed by atoms with Crippen molar-refractivity contribution < 1.29 is 9.47 Å². The Hall–Kier alpha value is -0.180. The molecule has 0 saturated heterocycles. The predicted octanol–water partition coefficient (Wildman–Crippen LogP) is 1.18. The van der Waals surface area contributed by atoms with Gasteiger partial charge in [0.15, 0.2) is 0 Å². The Morgan fingerprint density at radius 3 is 2.00 bits per heavy atom. The lowest BCUT2D eigenvalue weighted by molar-refractivity contribution is 0.0628. The SMILES string of the molecule is BrC1OC=CO1. The van der Waals surface area contributed by atoms with E-state index >= 15 is 0 Å². The fourth-order valence-electron chi connectivity index (χ4n) is 0.220. The van der Waals surface area contributed by atoms with Crippen LogP contribution in [0.5, 0.6) is 0 Å². The Morgan fingerprint density at radius 1 is 1.33 bits per heavy atom. The summed E-state index contributed by atoms with van der Waals surface area (Å²) < 4.78 is 9.33. The molecule has 0 aliphatic carbocycles. The second-order valence-electron chi connectivity index (χ2n) is 0.819. The first-order chi connectivity index (χ1) is 2.89. The van der Waals surface area contributed by atoms with Gasteiger partial charge in [-0.15, -0.1) is 0 Å². The molecule has 2 nitrogen and oxygen atoms in total. The van der Waals surface area contributed by atoms with E-state index in [-0.39, 0.29) is 5.20 Å². The molecule has 1 aliphatic heterocycles. The molecule has 6 heavy (non-hydrogen) atoms. The number of alkyl halides is 1. The Labute approximate surface area is 43.9 Å². The van der Waals surface area contributed by atoms with Crippen LogP contribution in [-0.4, -0.2) is 5.20 Å². The molecule has 1 rings (SSSR count). The smallest absolute Gasteiger partial charge is 0.297 e. The number of ether oxygens (including phenoxy) is 2. The van der Waals surface area contributed by atoms with Crippen LogP contribution in [0.25, 0.3) is 0 Å². The molecule has 1 aliphatic rings. The minimum atomic E-state index is -0.252. The van der Waals surface area contributed by atoms with Gasteiger partial charge < -0.3 is 9.47 Å². The van der Waals surface area contributed by atoms with E-state index in [2.05, 4.69) is 25.4 Å². The van der Waals surface area contributed by atoms with Gasteiger partial charge in [0.2, 0.25) is 0 Å². The van der Waals surface area contributed by atoms with E-state index in [0.717, 1.165) is 0 Å². The second kappa shape index (κ2) is 1.51. The van der Waals surface area contributed by atoms with Gasteiger partial charge in [0.25, 0.3) is 5.20 Å². The second-order valence-corrected chi connectivity index (χ2v) is 1.57. The molecule has 34 valence electrons. The Balaban J connectivity index is 2.32. The van der Waals surface area contributed by atoms with Gasteiger partial charge in [-0.25, -0.2) is 0 Å². The predicted molar refractivity (Wildman–Crippen MR) is 24.0 cm³/mol. The van der Waals surface area contributed by atoms with Crippen LogP contribution < -0.4 is 0 Å². The van der Waals surface area contributed by atoms with Gasteiger partial charge in [0.05, 0.1) is 0 Å². The van der Waals surface area contributed by atoms with Gasteiger partial charge in [-0.2, -0.15) is 0 Å². The van der Waals surface area contributed by atoms with E-state index in [9.17, 15) is 0 Å². The fraction of sp³-hybridized carbons (Fsp3) is 0.333. The van der Waals surface area contributed by atoms with E-state index in [4.69, 9.17) is 0 Å². The zero-order valence-corrected chi connectivity index (χ0v) is 4.51. The quantitative estimate of drug-likeness (QED) is 0.484. The third kappa shape index (κ3) is 0.653. The summed E-state index contributed by atoms with van der Waals surface area (Å²) in [5.41, 5.74) is 0. The van der Waals surface area contributed by atoms with Crippen LogP contribution in [0.1, 0.15) is 0 Å². The molecule has 3 heteroatoms. The van der Waals surface area contributed by atoms with Gasteiger partial charge in [-0.1, -0.05) is 0 Å². The molecular weight excluding hydrogens is 148 g/mol. The highest BCUT2D eigenvalue weighted by molar-refractivity contribution is 9.09. The summed E-state index contributed by atoms with van der Waals surface area (Å²) in [4.78, 5) is 0. The summed E-state index contributed by atoms with van der Waals surface area (Å²) in [6, 6.07) is 0. The standard InChI is InChI=1S/C3H3BrO2/c4-3-5-1-2-6-3/h1-3H. The first kappa shape index (κ1) is 3.99. The summed E-state index contributed by atoms with van der Waals surface area (Å²) in [6.07, 6.45) is 2.97. The largest absolute Gasteiger partial charge is 0.450 e. The fourth-order valence-corrected chi connectivity index (χ4v) is 0.469. The zero-order valence-electron chi connectivity index (χ0n) is 2.93. The molecule has 0 radical (unpaired) electrons. The number of rotatable bonds is 0. The van der Waals surface area contributed by atoms with Crippen molar-refractivity contribution in [2.24, 2.45) is 0 Å². The molecule has 1 heterocycles. The third-order valence-electron chi connectivity index (χ3n) is 0.427. The lowest BCUT2D eigenvalue weighted by atomic mass is 11.1. The molecule has 0 atom stereocenters. The summed E-state index contributed by atoms with van der Waals surface area (Å²) >= 11 is 3.03. The minimum absolute atomic E-state index is 0.252. The van der Waals surface area contributed by atoms with Crippen LogP contribution in [0.4, 0.5) is 0 Å². The maximum atomic E-state index is 4.67. The first-order valence-electron chi connectivity index (χ1n) is 1.49. The molecule has 0 amide bonds. The molecule has 0 bridgehead atoms. The molecule has 0 aromatic heterocycles. The maximum Gasteiger partial charge on any atom is 0.297 e. The summed E-state index contributed by atoms with van der Waals surface area (Å²) in [7, 11) is 0. The van der Waals surface area contributed by atoms with E-state index in [0.29, 0.717) is 0 Å². The normalized spacial score (nSPS) is 20.2. The van der Waals surface area contributed by atoms with Crippen molar-refractivity contribution in [3.05, 3.63) is 12.5 Å². The van der Waals surface area contributed by atoms with Crippen molar-refractivity contribution in [3.8, 4) is 0 Å². The van der Waals surface area contributed by atoms with E-state index in [1.165, 1.54) is 12.5 Å². The molecule has 0 N–H and O–H groups in total. The molecule has 0 saturated carbocycles. The lowest BCUT2D eigenvalue weighted by Crippen LogP contribution is -1.91. The van der Waals surface area contributed by atoms with Crippen molar-refractivity contribution in [3.63, 3.8) is 0 Å². The monoisotopic (exact) mass is 150 g/mol. The lowest BCUT2D eigenvalue weighted by Gasteiger charge is -1.96. The average Bonchev–Trinajstić information content (AvgIpc) is 1.86. The number of hydrogen-bond acceptors (Lipinski definition) is 2. The van der Waals surface area contributed by atoms with Gasteiger partial charge in [0.1, 0.15) is 12.5 Å². The van der Waals surface area contributed by atoms with Crippen molar-refractivity contribution in [2.75, 3.05) is 0 Å². The number of hydrogen-bond donors (Lipinski definition) is 0. The highest BCUT2D eigenvalue weighted by Gasteiger charge is 2.02. The van der Waals surface area contributed by atoms with E-state index in [1.807, 2.05) is 0 Å². The van der Waals surface area contributed by atoms with E-state index < -0.39 is 0 Å². The topological polar surface area (TPSA) is 18.5 Å². The zero-order chi connectivity index (χ0) is 4.41. The van der Waals surface area contributed by atoms with Crippen molar-refractivity contribution in [2.45, 2.75) is 5.20 Å². The Kier molecular flexibility index (Phi) is 1.01. The molecular formula is C3H3BrO2. The van der Waals surface area contributed by atoms with Gasteiger partial charge in [-0.05, 0) is 0 Å². The van der Waals surface area contributed by atoms with Gasteiger partial charge in [-0.3, -0.25) is 0 Å². The first-order valence-corrected chi connectivity index (χ1v) is 2.41. The summed E-state index contributed by atoms with van der Waals surface area (Å²) in [6.45, 7) is 0. The van der Waals surface area contributed by atoms with Crippen molar-refractivity contribution in [1.82, 2.24) is 0 Å². The minimum Gasteiger partial charge on any atom is -0.450 e.